The van der Waals surface area contributed by atoms with E-state index >= 15 is 0 Å². The molecule has 0 fully saturated rings. The van der Waals surface area contributed by atoms with Crippen molar-refractivity contribution in [3.05, 3.63) is 17.5 Å². The molecule has 0 spiro atoms. The number of carboxylic acid groups (broad SMARTS) is 1. The quantitative estimate of drug-likeness (QED) is 0.651. The summed E-state index contributed by atoms with van der Waals surface area (Å²) in [6.45, 7) is 7.43. The zero-order chi connectivity index (χ0) is 18.4. The number of aryl methyl sites for hydroxylation is 1. The Morgan fingerprint density at radius 3 is 2.33 bits per heavy atom. The number of amides is 2. The average molecular weight is 338 g/mol. The average Bonchev–Trinajstić information content (AvgIpc) is 2.85. The van der Waals surface area contributed by atoms with Crippen molar-refractivity contribution in [3.63, 3.8) is 0 Å². The van der Waals surface area contributed by atoms with Crippen molar-refractivity contribution in [3.8, 4) is 0 Å². The fourth-order valence-electron chi connectivity index (χ4n) is 2.32. The van der Waals surface area contributed by atoms with Crippen LogP contribution >= 0.6 is 0 Å². The second-order valence-electron chi connectivity index (χ2n) is 6.50. The van der Waals surface area contributed by atoms with Crippen molar-refractivity contribution in [2.24, 2.45) is 13.0 Å². The summed E-state index contributed by atoms with van der Waals surface area (Å²) in [5, 5.41) is 18.1. The minimum absolute atomic E-state index is 0.129. The normalized spacial score (nSPS) is 12.3. The molecule has 0 radical (unpaired) electrons. The second kappa shape index (κ2) is 8.47. The maximum Gasteiger partial charge on any atom is 0.326 e. The van der Waals surface area contributed by atoms with Crippen LogP contribution in [0.2, 0.25) is 0 Å². The number of carbonyl (C=O) groups is 3. The van der Waals surface area contributed by atoms with Gasteiger partial charge in [0.05, 0.1) is 6.54 Å². The molecular formula is C16H26N4O4. The van der Waals surface area contributed by atoms with Gasteiger partial charge in [-0.2, -0.15) is 5.10 Å². The van der Waals surface area contributed by atoms with Crippen molar-refractivity contribution in [1.29, 1.82) is 0 Å². The molecule has 134 valence electrons. The summed E-state index contributed by atoms with van der Waals surface area (Å²) in [4.78, 5) is 35.0. The van der Waals surface area contributed by atoms with E-state index in [1.54, 1.807) is 17.8 Å². The van der Waals surface area contributed by atoms with E-state index in [1.807, 2.05) is 27.7 Å². The minimum Gasteiger partial charge on any atom is -0.480 e. The van der Waals surface area contributed by atoms with Gasteiger partial charge in [-0.25, -0.2) is 4.79 Å². The van der Waals surface area contributed by atoms with Crippen molar-refractivity contribution in [1.82, 2.24) is 20.4 Å². The number of aliphatic carboxylic acids is 1. The highest BCUT2D eigenvalue weighted by atomic mass is 16.4. The van der Waals surface area contributed by atoms with Crippen LogP contribution in [0.4, 0.5) is 0 Å². The Bertz CT molecular complexity index is 607. The zero-order valence-corrected chi connectivity index (χ0v) is 14.8. The molecule has 8 heteroatoms. The standard InChI is InChI=1S/C16H26N4O4/c1-9(2)6-12(16(23)24)18-14(21)8-17-15(22)11-7-13(10(3)4)20(5)19-11/h7,9-10,12H,6,8H2,1-5H3,(H,17,22)(H,18,21)(H,23,24)/t12-/m0/s1. The van der Waals surface area contributed by atoms with Crippen LogP contribution < -0.4 is 10.6 Å². The Morgan fingerprint density at radius 1 is 1.25 bits per heavy atom. The molecule has 0 aliphatic carbocycles. The minimum atomic E-state index is -1.09. The largest absolute Gasteiger partial charge is 0.480 e. The third-order valence-electron chi connectivity index (χ3n) is 3.49. The molecule has 0 unspecified atom stereocenters. The van der Waals surface area contributed by atoms with Crippen LogP contribution in [0.1, 0.15) is 56.2 Å². The lowest BCUT2D eigenvalue weighted by atomic mass is 10.0. The number of hydrogen-bond donors (Lipinski definition) is 3. The van der Waals surface area contributed by atoms with Gasteiger partial charge in [0.1, 0.15) is 11.7 Å². The van der Waals surface area contributed by atoms with E-state index in [2.05, 4.69) is 15.7 Å². The molecule has 0 aliphatic heterocycles. The molecule has 24 heavy (non-hydrogen) atoms. The Labute approximate surface area is 141 Å². The molecule has 1 rings (SSSR count). The third kappa shape index (κ3) is 5.68. The van der Waals surface area contributed by atoms with Gasteiger partial charge in [0.25, 0.3) is 5.91 Å². The van der Waals surface area contributed by atoms with Gasteiger partial charge in [0, 0.05) is 12.7 Å². The lowest BCUT2D eigenvalue weighted by Gasteiger charge is -2.16. The number of nitrogens with one attached hydrogen (secondary N) is 2. The third-order valence-corrected chi connectivity index (χ3v) is 3.49. The van der Waals surface area contributed by atoms with Crippen LogP contribution in [0.3, 0.4) is 0 Å². The molecule has 8 nitrogen and oxygen atoms in total. The smallest absolute Gasteiger partial charge is 0.326 e. The summed E-state index contributed by atoms with van der Waals surface area (Å²) in [6.07, 6.45) is 0.326. The number of carbonyl (C=O) groups excluding carboxylic acids is 2. The van der Waals surface area contributed by atoms with Gasteiger partial charge >= 0.3 is 5.97 Å². The number of aromatic nitrogens is 2. The monoisotopic (exact) mass is 338 g/mol. The van der Waals surface area contributed by atoms with Crippen molar-refractivity contribution in [2.45, 2.75) is 46.1 Å². The van der Waals surface area contributed by atoms with Gasteiger partial charge in [-0.15, -0.1) is 0 Å². The summed E-state index contributed by atoms with van der Waals surface area (Å²) >= 11 is 0. The number of hydrogen-bond acceptors (Lipinski definition) is 4. The summed E-state index contributed by atoms with van der Waals surface area (Å²) in [7, 11) is 1.75. The van der Waals surface area contributed by atoms with E-state index < -0.39 is 23.8 Å². The fraction of sp³-hybridized carbons (Fsp3) is 0.625. The first-order chi connectivity index (χ1) is 11.1. The molecule has 1 heterocycles. The Hall–Kier alpha value is -2.38. The van der Waals surface area contributed by atoms with Crippen molar-refractivity contribution in [2.75, 3.05) is 6.54 Å². The van der Waals surface area contributed by atoms with Gasteiger partial charge in [-0.3, -0.25) is 14.3 Å². The molecule has 3 N–H and O–H groups in total. The predicted molar refractivity (Wildman–Crippen MR) is 88.7 cm³/mol. The molecule has 1 aromatic heterocycles. The molecule has 0 aliphatic rings. The summed E-state index contributed by atoms with van der Waals surface area (Å²) in [6, 6.07) is 0.716. The van der Waals surface area contributed by atoms with Crippen LogP contribution in [0.25, 0.3) is 0 Å². The topological polar surface area (TPSA) is 113 Å². The van der Waals surface area contributed by atoms with Crippen LogP contribution in [-0.4, -0.2) is 45.3 Å². The zero-order valence-electron chi connectivity index (χ0n) is 14.8. The second-order valence-corrected chi connectivity index (χ2v) is 6.50. The first kappa shape index (κ1) is 19.7. The lowest BCUT2D eigenvalue weighted by Crippen LogP contribution is -2.46. The summed E-state index contributed by atoms with van der Waals surface area (Å²) < 4.78 is 1.63. The SMILES string of the molecule is CC(C)C[C@H](NC(=O)CNC(=O)c1cc(C(C)C)n(C)n1)C(=O)O. The molecule has 0 aromatic carbocycles. The molecule has 0 saturated carbocycles. The fourth-order valence-corrected chi connectivity index (χ4v) is 2.32. The van der Waals surface area contributed by atoms with Crippen LogP contribution in [0.15, 0.2) is 6.07 Å². The molecule has 0 saturated heterocycles. The highest BCUT2D eigenvalue weighted by Crippen LogP contribution is 2.14. The van der Waals surface area contributed by atoms with Gasteiger partial charge < -0.3 is 15.7 Å². The van der Waals surface area contributed by atoms with Crippen molar-refractivity contribution >= 4 is 17.8 Å². The molecule has 1 aromatic rings. The number of carboxylic acids is 1. The Kier molecular flexibility index (Phi) is 6.94. The predicted octanol–water partition coefficient (Wildman–Crippen LogP) is 0.889. The van der Waals surface area contributed by atoms with Crippen LogP contribution in [0.5, 0.6) is 0 Å². The molecule has 2 amide bonds. The number of rotatable bonds is 8. The van der Waals surface area contributed by atoms with E-state index in [4.69, 9.17) is 5.11 Å². The maximum absolute atomic E-state index is 12.1. The summed E-state index contributed by atoms with van der Waals surface area (Å²) in [5.41, 5.74) is 1.14. The van der Waals surface area contributed by atoms with Crippen LogP contribution in [-0.2, 0) is 16.6 Å². The lowest BCUT2D eigenvalue weighted by molar-refractivity contribution is -0.142. The highest BCUT2D eigenvalue weighted by molar-refractivity contribution is 5.95. The number of nitrogens with zero attached hydrogens (tertiary/aromatic N) is 2. The van der Waals surface area contributed by atoms with Gasteiger partial charge in [0.15, 0.2) is 0 Å². The van der Waals surface area contributed by atoms with Crippen molar-refractivity contribution < 1.29 is 19.5 Å². The van der Waals surface area contributed by atoms with Gasteiger partial charge in [0.2, 0.25) is 5.91 Å². The molecular weight excluding hydrogens is 312 g/mol. The first-order valence-electron chi connectivity index (χ1n) is 7.96. The van der Waals surface area contributed by atoms with E-state index in [-0.39, 0.29) is 24.1 Å². The van der Waals surface area contributed by atoms with E-state index in [0.29, 0.717) is 6.42 Å². The maximum atomic E-state index is 12.1. The molecule has 1 atom stereocenters. The van der Waals surface area contributed by atoms with E-state index in [0.717, 1.165) is 5.69 Å². The van der Waals surface area contributed by atoms with Gasteiger partial charge in [-0.1, -0.05) is 27.7 Å². The first-order valence-corrected chi connectivity index (χ1v) is 7.96. The van der Waals surface area contributed by atoms with Crippen LogP contribution in [0, 0.1) is 5.92 Å². The summed E-state index contributed by atoms with van der Waals surface area (Å²) in [5.74, 6) is -1.75. The highest BCUT2D eigenvalue weighted by Gasteiger charge is 2.21. The van der Waals surface area contributed by atoms with E-state index in [9.17, 15) is 14.4 Å². The Morgan fingerprint density at radius 2 is 1.88 bits per heavy atom. The molecule has 0 bridgehead atoms. The Balaban J connectivity index is 2.58. The van der Waals surface area contributed by atoms with Gasteiger partial charge in [-0.05, 0) is 24.3 Å². The van der Waals surface area contributed by atoms with E-state index in [1.165, 1.54) is 0 Å².